The molecule has 0 atom stereocenters. The molecule has 3 aromatic rings. The summed E-state index contributed by atoms with van der Waals surface area (Å²) in [5.41, 5.74) is 1.60. The highest BCUT2D eigenvalue weighted by molar-refractivity contribution is 6.01. The van der Waals surface area contributed by atoms with Crippen LogP contribution in [-0.4, -0.2) is 19.8 Å². The molecule has 0 saturated carbocycles. The molecule has 0 unspecified atom stereocenters. The number of carbonyl (C=O) groups excluding carboxylic acids is 1. The predicted octanol–water partition coefficient (Wildman–Crippen LogP) is 5.84. The fourth-order valence-electron chi connectivity index (χ4n) is 3.26. The zero-order chi connectivity index (χ0) is 24.0. The van der Waals surface area contributed by atoms with Gasteiger partial charge in [0.25, 0.3) is 0 Å². The average Bonchev–Trinajstić information content (AvgIpc) is 3.54. The fourth-order valence-corrected chi connectivity index (χ4v) is 3.26. The minimum absolute atomic E-state index is 0.00588. The van der Waals surface area contributed by atoms with Crippen molar-refractivity contribution in [3.8, 4) is 17.2 Å². The number of carbonyl (C=O) groups is 1. The number of anilines is 1. The number of benzene rings is 2. The van der Waals surface area contributed by atoms with Crippen molar-refractivity contribution in [2.75, 3.05) is 18.8 Å². The Morgan fingerprint density at radius 3 is 2.42 bits per heavy atom. The average molecular weight is 463 g/mol. The standard InChI is InChI=1S/C14H10F3NO2.C8H8O3.C2H6/c15-14(16,17)12-6-5-10(20-12)8-18-11-4-2-1-3-9(11)7-13(18)19;1-9-6-2-3-7-8(4-6)11-5-10-7;1-2/h1-6H,7-8H2;2-4H,5H2,1H3;1-2H3. The molecule has 0 N–H and O–H groups in total. The Morgan fingerprint density at radius 1 is 1.00 bits per heavy atom. The van der Waals surface area contributed by atoms with Crippen molar-refractivity contribution in [2.24, 2.45) is 0 Å². The van der Waals surface area contributed by atoms with Crippen molar-refractivity contribution >= 4 is 11.6 Å². The third-order valence-corrected chi connectivity index (χ3v) is 4.76. The van der Waals surface area contributed by atoms with E-state index in [9.17, 15) is 18.0 Å². The second-order valence-electron chi connectivity index (χ2n) is 6.77. The zero-order valence-corrected chi connectivity index (χ0v) is 18.4. The van der Waals surface area contributed by atoms with Crippen molar-refractivity contribution < 1.29 is 36.6 Å². The molecule has 176 valence electrons. The van der Waals surface area contributed by atoms with Crippen molar-refractivity contribution in [1.82, 2.24) is 0 Å². The minimum Gasteiger partial charge on any atom is -0.497 e. The molecule has 1 aromatic heterocycles. The molecule has 0 fully saturated rings. The van der Waals surface area contributed by atoms with E-state index in [1.54, 1.807) is 19.2 Å². The lowest BCUT2D eigenvalue weighted by atomic mass is 10.2. The van der Waals surface area contributed by atoms with Gasteiger partial charge in [0.15, 0.2) is 11.5 Å². The first-order valence-electron chi connectivity index (χ1n) is 10.3. The Balaban J connectivity index is 0.000000199. The molecule has 1 amide bonds. The topological polar surface area (TPSA) is 61.1 Å². The number of fused-ring (bicyclic) bond motifs is 2. The van der Waals surface area contributed by atoms with E-state index in [1.807, 2.05) is 44.2 Å². The van der Waals surface area contributed by atoms with Gasteiger partial charge in [-0.3, -0.25) is 4.79 Å². The molecule has 0 radical (unpaired) electrons. The molecule has 5 rings (SSSR count). The van der Waals surface area contributed by atoms with Gasteiger partial charge < -0.3 is 23.5 Å². The summed E-state index contributed by atoms with van der Waals surface area (Å²) < 4.78 is 57.4. The molecule has 2 aliphatic rings. The van der Waals surface area contributed by atoms with Crippen LogP contribution in [0.3, 0.4) is 0 Å². The van der Waals surface area contributed by atoms with Crippen LogP contribution in [0.4, 0.5) is 18.9 Å². The molecule has 0 aliphatic carbocycles. The summed E-state index contributed by atoms with van der Waals surface area (Å²) in [5, 5.41) is 0. The number of hydrogen-bond acceptors (Lipinski definition) is 5. The maximum absolute atomic E-state index is 12.5. The lowest BCUT2D eigenvalue weighted by molar-refractivity contribution is -0.153. The molecule has 0 bridgehead atoms. The Hall–Kier alpha value is -3.62. The number of rotatable bonds is 3. The van der Waals surface area contributed by atoms with E-state index in [2.05, 4.69) is 0 Å². The molecule has 2 aliphatic heterocycles. The van der Waals surface area contributed by atoms with E-state index >= 15 is 0 Å². The third-order valence-electron chi connectivity index (χ3n) is 4.76. The SMILES string of the molecule is CC.COc1ccc2c(c1)OCO2.O=C1Cc2ccccc2N1Cc1ccc(C(F)(F)F)o1. The number of furan rings is 1. The molecule has 0 saturated heterocycles. The summed E-state index contributed by atoms with van der Waals surface area (Å²) in [5.74, 6) is 1.25. The van der Waals surface area contributed by atoms with E-state index in [0.717, 1.165) is 34.6 Å². The Morgan fingerprint density at radius 2 is 1.73 bits per heavy atom. The van der Waals surface area contributed by atoms with Crippen molar-refractivity contribution in [3.05, 3.63) is 71.7 Å². The first-order chi connectivity index (χ1) is 15.8. The molecular formula is C24H24F3NO5. The van der Waals surface area contributed by atoms with Gasteiger partial charge >= 0.3 is 6.18 Å². The zero-order valence-electron chi connectivity index (χ0n) is 18.4. The predicted molar refractivity (Wildman–Crippen MR) is 116 cm³/mol. The van der Waals surface area contributed by atoms with Crippen LogP contribution >= 0.6 is 0 Å². The van der Waals surface area contributed by atoms with Crippen LogP contribution < -0.4 is 19.1 Å². The Labute approximate surface area is 189 Å². The summed E-state index contributed by atoms with van der Waals surface area (Å²) in [6.45, 7) is 4.31. The van der Waals surface area contributed by atoms with Gasteiger partial charge in [-0.25, -0.2) is 0 Å². The van der Waals surface area contributed by atoms with Crippen molar-refractivity contribution in [1.29, 1.82) is 0 Å². The van der Waals surface area contributed by atoms with E-state index in [1.165, 1.54) is 11.0 Å². The number of ether oxygens (including phenoxy) is 3. The highest BCUT2D eigenvalue weighted by atomic mass is 19.4. The molecule has 6 nitrogen and oxygen atoms in total. The maximum atomic E-state index is 12.5. The summed E-state index contributed by atoms with van der Waals surface area (Å²) in [7, 11) is 1.62. The minimum atomic E-state index is -4.51. The van der Waals surface area contributed by atoms with Gasteiger partial charge in [-0.2, -0.15) is 13.2 Å². The van der Waals surface area contributed by atoms with Gasteiger partial charge in [0.1, 0.15) is 11.5 Å². The van der Waals surface area contributed by atoms with E-state index in [0.29, 0.717) is 6.79 Å². The maximum Gasteiger partial charge on any atom is 0.449 e. The Kier molecular flexibility index (Phi) is 7.52. The third kappa shape index (κ3) is 5.60. The van der Waals surface area contributed by atoms with Crippen molar-refractivity contribution in [3.63, 3.8) is 0 Å². The molecule has 9 heteroatoms. The largest absolute Gasteiger partial charge is 0.497 e. The number of halogens is 3. The van der Waals surface area contributed by atoms with E-state index in [4.69, 9.17) is 18.6 Å². The first-order valence-corrected chi connectivity index (χ1v) is 10.3. The fraction of sp³-hybridized carbons (Fsp3) is 0.292. The van der Waals surface area contributed by atoms with Gasteiger partial charge in [0, 0.05) is 11.8 Å². The van der Waals surface area contributed by atoms with Gasteiger partial charge in [0.2, 0.25) is 18.5 Å². The number of nitrogens with zero attached hydrogens (tertiary/aromatic N) is 1. The van der Waals surface area contributed by atoms with E-state index < -0.39 is 11.9 Å². The number of alkyl halides is 3. The smallest absolute Gasteiger partial charge is 0.449 e. The summed E-state index contributed by atoms with van der Waals surface area (Å²) in [6, 6.07) is 14.8. The molecule has 33 heavy (non-hydrogen) atoms. The highest BCUT2D eigenvalue weighted by Gasteiger charge is 2.35. The molecule has 0 spiro atoms. The van der Waals surface area contributed by atoms with Crippen LogP contribution in [0.1, 0.15) is 30.9 Å². The summed E-state index contributed by atoms with van der Waals surface area (Å²) in [6.07, 6.45) is -4.24. The highest BCUT2D eigenvalue weighted by Crippen LogP contribution is 2.35. The summed E-state index contributed by atoms with van der Waals surface area (Å²) in [4.78, 5) is 13.3. The number of methoxy groups -OCH3 is 1. The van der Waals surface area contributed by atoms with Crippen LogP contribution in [0.25, 0.3) is 0 Å². The molecule has 2 aromatic carbocycles. The second kappa shape index (κ2) is 10.3. The number of amides is 1. The number of para-hydroxylation sites is 1. The van der Waals surface area contributed by atoms with Crippen molar-refractivity contribution in [2.45, 2.75) is 33.0 Å². The van der Waals surface area contributed by atoms with Gasteiger partial charge in [-0.15, -0.1) is 0 Å². The lowest BCUT2D eigenvalue weighted by Gasteiger charge is -2.15. The van der Waals surface area contributed by atoms with Gasteiger partial charge in [0.05, 0.1) is 20.1 Å². The van der Waals surface area contributed by atoms with Crippen LogP contribution in [0.2, 0.25) is 0 Å². The monoisotopic (exact) mass is 463 g/mol. The quantitative estimate of drug-likeness (QED) is 0.489. The second-order valence-corrected chi connectivity index (χ2v) is 6.77. The van der Waals surface area contributed by atoms with Gasteiger partial charge in [-0.1, -0.05) is 32.0 Å². The van der Waals surface area contributed by atoms with Crippen LogP contribution in [0.15, 0.2) is 59.0 Å². The van der Waals surface area contributed by atoms with Crippen LogP contribution in [-0.2, 0) is 23.9 Å². The normalized spacial score (nSPS) is 13.5. The van der Waals surface area contributed by atoms with E-state index in [-0.39, 0.29) is 24.6 Å². The molecule has 3 heterocycles. The summed E-state index contributed by atoms with van der Waals surface area (Å²) >= 11 is 0. The van der Waals surface area contributed by atoms with Crippen LogP contribution in [0.5, 0.6) is 17.2 Å². The van der Waals surface area contributed by atoms with Crippen LogP contribution in [0, 0.1) is 0 Å². The lowest BCUT2D eigenvalue weighted by Crippen LogP contribution is -2.25. The molecular weight excluding hydrogens is 439 g/mol. The number of hydrogen-bond donors (Lipinski definition) is 0. The Bertz CT molecular complexity index is 1090. The van der Waals surface area contributed by atoms with Gasteiger partial charge in [-0.05, 0) is 35.9 Å². The first kappa shape index (κ1) is 24.0.